The Kier molecular flexibility index (Phi) is 3.38. The van der Waals surface area contributed by atoms with Gasteiger partial charge in [-0.1, -0.05) is 54.6 Å². The van der Waals surface area contributed by atoms with E-state index < -0.39 is 0 Å². The maximum absolute atomic E-state index is 12.0. The molecule has 0 aliphatic heterocycles. The lowest BCUT2D eigenvalue weighted by Gasteiger charge is -2.01. The lowest BCUT2D eigenvalue weighted by molar-refractivity contribution is 0.104. The number of ketones is 1. The van der Waals surface area contributed by atoms with Gasteiger partial charge in [-0.15, -0.1) is 0 Å². The zero-order chi connectivity index (χ0) is 13.8. The van der Waals surface area contributed by atoms with Gasteiger partial charge in [-0.2, -0.15) is 0 Å². The Balaban J connectivity index is 1.94. The standard InChI is InChI=1S/C18H13NO/c20-18(17-10-3-4-13-19-17)12-11-15-8-5-7-14-6-1-2-9-16(14)15/h1-13H/b12-11+. The summed E-state index contributed by atoms with van der Waals surface area (Å²) in [6.07, 6.45) is 5.04. The van der Waals surface area contributed by atoms with Crippen LogP contribution in [0.1, 0.15) is 16.1 Å². The fourth-order valence-electron chi connectivity index (χ4n) is 2.16. The van der Waals surface area contributed by atoms with Gasteiger partial charge in [0, 0.05) is 6.20 Å². The molecule has 0 spiro atoms. The van der Waals surface area contributed by atoms with Crippen molar-refractivity contribution in [1.82, 2.24) is 4.98 Å². The molecule has 0 fully saturated rings. The summed E-state index contributed by atoms with van der Waals surface area (Å²) < 4.78 is 0. The minimum atomic E-state index is -0.0847. The zero-order valence-corrected chi connectivity index (χ0v) is 10.9. The summed E-state index contributed by atoms with van der Waals surface area (Å²) in [5, 5.41) is 2.31. The molecule has 0 N–H and O–H groups in total. The topological polar surface area (TPSA) is 30.0 Å². The molecule has 0 bridgehead atoms. The third-order valence-electron chi connectivity index (χ3n) is 3.15. The van der Waals surface area contributed by atoms with Gasteiger partial charge in [0.2, 0.25) is 5.78 Å². The van der Waals surface area contributed by atoms with Gasteiger partial charge in [0.1, 0.15) is 5.69 Å². The molecule has 0 radical (unpaired) electrons. The molecule has 0 aliphatic rings. The van der Waals surface area contributed by atoms with Crippen molar-refractivity contribution in [3.63, 3.8) is 0 Å². The number of aromatic nitrogens is 1. The number of fused-ring (bicyclic) bond motifs is 1. The van der Waals surface area contributed by atoms with Crippen LogP contribution in [-0.2, 0) is 0 Å². The van der Waals surface area contributed by atoms with Crippen molar-refractivity contribution < 1.29 is 4.79 Å². The van der Waals surface area contributed by atoms with E-state index in [0.29, 0.717) is 5.69 Å². The fraction of sp³-hybridized carbons (Fsp3) is 0. The van der Waals surface area contributed by atoms with E-state index >= 15 is 0 Å². The second-order valence-corrected chi connectivity index (χ2v) is 4.48. The van der Waals surface area contributed by atoms with Crippen LogP contribution in [0.25, 0.3) is 16.8 Å². The zero-order valence-electron chi connectivity index (χ0n) is 10.9. The minimum Gasteiger partial charge on any atom is -0.288 e. The van der Waals surface area contributed by atoms with Crippen molar-refractivity contribution in [2.24, 2.45) is 0 Å². The first-order valence-corrected chi connectivity index (χ1v) is 6.46. The van der Waals surface area contributed by atoms with Crippen LogP contribution in [0.15, 0.2) is 72.9 Å². The van der Waals surface area contributed by atoms with Crippen molar-refractivity contribution in [2.45, 2.75) is 0 Å². The number of pyridine rings is 1. The Labute approximate surface area is 117 Å². The Morgan fingerprint density at radius 3 is 2.55 bits per heavy atom. The van der Waals surface area contributed by atoms with E-state index in [1.54, 1.807) is 24.4 Å². The molecule has 2 heteroatoms. The van der Waals surface area contributed by atoms with Gasteiger partial charge in [-0.3, -0.25) is 9.78 Å². The normalized spacial score (nSPS) is 11.0. The Morgan fingerprint density at radius 2 is 1.70 bits per heavy atom. The van der Waals surface area contributed by atoms with Crippen LogP contribution in [0.4, 0.5) is 0 Å². The maximum Gasteiger partial charge on any atom is 0.204 e. The van der Waals surface area contributed by atoms with Gasteiger partial charge in [0.05, 0.1) is 0 Å². The van der Waals surface area contributed by atoms with Gasteiger partial charge in [0.25, 0.3) is 0 Å². The summed E-state index contributed by atoms with van der Waals surface area (Å²) in [5.74, 6) is -0.0847. The molecule has 1 heterocycles. The first kappa shape index (κ1) is 12.3. The summed E-state index contributed by atoms with van der Waals surface area (Å²) >= 11 is 0. The van der Waals surface area contributed by atoms with E-state index in [4.69, 9.17) is 0 Å². The van der Waals surface area contributed by atoms with Crippen molar-refractivity contribution in [3.05, 3.63) is 84.2 Å². The van der Waals surface area contributed by atoms with Crippen molar-refractivity contribution in [3.8, 4) is 0 Å². The molecule has 3 rings (SSSR count). The van der Waals surface area contributed by atoms with Gasteiger partial charge >= 0.3 is 0 Å². The van der Waals surface area contributed by atoms with Crippen LogP contribution < -0.4 is 0 Å². The van der Waals surface area contributed by atoms with Crippen LogP contribution >= 0.6 is 0 Å². The molecule has 20 heavy (non-hydrogen) atoms. The highest BCUT2D eigenvalue weighted by atomic mass is 16.1. The summed E-state index contributed by atoms with van der Waals surface area (Å²) in [4.78, 5) is 16.1. The molecular formula is C18H13NO. The number of benzene rings is 2. The Hall–Kier alpha value is -2.74. The summed E-state index contributed by atoms with van der Waals surface area (Å²) in [5.41, 5.74) is 1.50. The number of carbonyl (C=O) groups is 1. The molecule has 0 amide bonds. The van der Waals surface area contributed by atoms with E-state index in [9.17, 15) is 4.79 Å². The van der Waals surface area contributed by atoms with Gasteiger partial charge in [-0.25, -0.2) is 0 Å². The summed E-state index contributed by atoms with van der Waals surface area (Å²) in [6.45, 7) is 0. The lowest BCUT2D eigenvalue weighted by atomic mass is 10.0. The Morgan fingerprint density at radius 1 is 0.900 bits per heavy atom. The van der Waals surface area contributed by atoms with Crippen LogP contribution in [0.2, 0.25) is 0 Å². The van der Waals surface area contributed by atoms with Crippen LogP contribution in [0.3, 0.4) is 0 Å². The number of hydrogen-bond acceptors (Lipinski definition) is 2. The molecule has 2 aromatic carbocycles. The largest absolute Gasteiger partial charge is 0.288 e. The molecule has 2 nitrogen and oxygen atoms in total. The van der Waals surface area contributed by atoms with Gasteiger partial charge in [-0.05, 0) is 34.5 Å². The SMILES string of the molecule is O=C(/C=C/c1cccc2ccccc12)c1ccccn1. The van der Waals surface area contributed by atoms with E-state index in [2.05, 4.69) is 23.2 Å². The predicted molar refractivity (Wildman–Crippen MR) is 81.5 cm³/mol. The van der Waals surface area contributed by atoms with Crippen molar-refractivity contribution >= 4 is 22.6 Å². The summed E-state index contributed by atoms with van der Waals surface area (Å²) in [6, 6.07) is 19.5. The maximum atomic E-state index is 12.0. The highest BCUT2D eigenvalue weighted by Crippen LogP contribution is 2.19. The van der Waals surface area contributed by atoms with Gasteiger partial charge in [0.15, 0.2) is 0 Å². The quantitative estimate of drug-likeness (QED) is 0.523. The lowest BCUT2D eigenvalue weighted by Crippen LogP contribution is -1.96. The number of allylic oxidation sites excluding steroid dienone is 1. The average molecular weight is 259 g/mol. The molecule has 3 aromatic rings. The Bertz CT molecular complexity index is 770. The van der Waals surface area contributed by atoms with E-state index in [1.807, 2.05) is 36.4 Å². The van der Waals surface area contributed by atoms with Crippen LogP contribution in [-0.4, -0.2) is 10.8 Å². The second-order valence-electron chi connectivity index (χ2n) is 4.48. The number of hydrogen-bond donors (Lipinski definition) is 0. The molecule has 0 aliphatic carbocycles. The monoisotopic (exact) mass is 259 g/mol. The third-order valence-corrected chi connectivity index (χ3v) is 3.15. The average Bonchev–Trinajstić information content (AvgIpc) is 2.53. The van der Waals surface area contributed by atoms with Crippen molar-refractivity contribution in [2.75, 3.05) is 0 Å². The molecule has 1 aromatic heterocycles. The highest BCUT2D eigenvalue weighted by Gasteiger charge is 2.02. The first-order valence-electron chi connectivity index (χ1n) is 6.46. The van der Waals surface area contributed by atoms with E-state index in [0.717, 1.165) is 10.9 Å². The van der Waals surface area contributed by atoms with E-state index in [-0.39, 0.29) is 5.78 Å². The molecule has 0 saturated carbocycles. The van der Waals surface area contributed by atoms with Crippen molar-refractivity contribution in [1.29, 1.82) is 0 Å². The fourth-order valence-corrected chi connectivity index (χ4v) is 2.16. The van der Waals surface area contributed by atoms with E-state index in [1.165, 1.54) is 5.39 Å². The number of carbonyl (C=O) groups excluding carboxylic acids is 1. The van der Waals surface area contributed by atoms with Crippen LogP contribution in [0, 0.1) is 0 Å². The molecule has 0 saturated heterocycles. The minimum absolute atomic E-state index is 0.0847. The third kappa shape index (κ3) is 2.50. The first-order chi connectivity index (χ1) is 9.84. The van der Waals surface area contributed by atoms with Gasteiger partial charge < -0.3 is 0 Å². The smallest absolute Gasteiger partial charge is 0.204 e. The molecule has 0 unspecified atom stereocenters. The number of nitrogens with zero attached hydrogens (tertiary/aromatic N) is 1. The number of rotatable bonds is 3. The molecule has 0 atom stereocenters. The molecule has 96 valence electrons. The van der Waals surface area contributed by atoms with Crippen LogP contribution in [0.5, 0.6) is 0 Å². The molecular weight excluding hydrogens is 246 g/mol. The second kappa shape index (κ2) is 5.49. The highest BCUT2D eigenvalue weighted by molar-refractivity contribution is 6.06. The predicted octanol–water partition coefficient (Wildman–Crippen LogP) is 4.13. The summed E-state index contributed by atoms with van der Waals surface area (Å²) in [7, 11) is 0.